The Kier molecular flexibility index (Phi) is 6.40. The highest BCUT2D eigenvalue weighted by Crippen LogP contribution is 2.36. The van der Waals surface area contributed by atoms with Gasteiger partial charge in [0.05, 0.1) is 15.5 Å². The quantitative estimate of drug-likeness (QED) is 0.498. The molecule has 1 aliphatic heterocycles. The Balaban J connectivity index is 1.82. The summed E-state index contributed by atoms with van der Waals surface area (Å²) < 4.78 is 55.1. The molecule has 0 bridgehead atoms. The van der Waals surface area contributed by atoms with Crippen LogP contribution in [0.3, 0.4) is 0 Å². The van der Waals surface area contributed by atoms with Crippen LogP contribution in [-0.2, 0) is 19.9 Å². The van der Waals surface area contributed by atoms with Crippen LogP contribution in [0.2, 0.25) is 0 Å². The van der Waals surface area contributed by atoms with Crippen molar-refractivity contribution < 1.29 is 21.6 Å². The molecule has 0 fully saturated rings. The normalized spacial score (nSPS) is 16.3. The SMILES string of the molecule is Cc1ccc(S(=O)(=O)CC2CN(S(=O)(=O)c3c(C)cc(C)cc3C)C(=O)c3ccc(C)cc32)cc1. The molecule has 1 aliphatic rings. The number of hydrogen-bond donors (Lipinski definition) is 0. The van der Waals surface area contributed by atoms with Gasteiger partial charge in [0.1, 0.15) is 0 Å². The van der Waals surface area contributed by atoms with E-state index in [1.54, 1.807) is 68.4 Å². The maximum absolute atomic E-state index is 13.8. The fourth-order valence-electron chi connectivity index (χ4n) is 4.87. The summed E-state index contributed by atoms with van der Waals surface area (Å²) in [5.41, 5.74) is 4.62. The summed E-state index contributed by atoms with van der Waals surface area (Å²) in [6.07, 6.45) is 0. The number of carbonyl (C=O) groups is 1. The van der Waals surface area contributed by atoms with Crippen LogP contribution in [-0.4, -0.2) is 39.3 Å². The number of hydrogen-bond acceptors (Lipinski definition) is 5. The van der Waals surface area contributed by atoms with E-state index in [0.717, 1.165) is 21.0 Å². The molecule has 6 nitrogen and oxygen atoms in total. The summed E-state index contributed by atoms with van der Waals surface area (Å²) in [6.45, 7) is 8.79. The van der Waals surface area contributed by atoms with E-state index in [-0.39, 0.29) is 27.7 Å². The van der Waals surface area contributed by atoms with Crippen molar-refractivity contribution in [3.05, 3.63) is 93.5 Å². The van der Waals surface area contributed by atoms with E-state index in [2.05, 4.69) is 0 Å². The van der Waals surface area contributed by atoms with Crippen molar-refractivity contribution in [3.63, 3.8) is 0 Å². The average molecular weight is 512 g/mol. The largest absolute Gasteiger partial charge is 0.268 e. The second-order valence-electron chi connectivity index (χ2n) is 9.45. The predicted octanol–water partition coefficient (Wildman–Crippen LogP) is 4.63. The third-order valence-corrected chi connectivity index (χ3v) is 10.3. The van der Waals surface area contributed by atoms with Crippen LogP contribution in [0.15, 0.2) is 64.4 Å². The van der Waals surface area contributed by atoms with Crippen LogP contribution in [0.4, 0.5) is 0 Å². The van der Waals surface area contributed by atoms with Crippen LogP contribution < -0.4 is 0 Å². The van der Waals surface area contributed by atoms with Gasteiger partial charge in [-0.25, -0.2) is 21.1 Å². The molecule has 184 valence electrons. The lowest BCUT2D eigenvalue weighted by molar-refractivity contribution is 0.0841. The van der Waals surface area contributed by atoms with E-state index in [4.69, 9.17) is 0 Å². The lowest BCUT2D eigenvalue weighted by Crippen LogP contribution is -2.45. The van der Waals surface area contributed by atoms with E-state index in [9.17, 15) is 21.6 Å². The molecule has 4 rings (SSSR count). The molecule has 8 heteroatoms. The van der Waals surface area contributed by atoms with E-state index < -0.39 is 31.7 Å². The standard InChI is InChI=1S/C27H29NO5S2/c1-17-6-9-23(10-7-17)34(30,31)16-22-15-28(27(29)24-11-8-18(2)14-25(22)24)35(32,33)26-20(4)12-19(3)13-21(26)5/h6-14,22H,15-16H2,1-5H3. The number of rotatable bonds is 5. The van der Waals surface area contributed by atoms with Gasteiger partial charge in [-0.1, -0.05) is 53.1 Å². The number of aryl methyl sites for hydroxylation is 5. The number of fused-ring (bicyclic) bond motifs is 1. The third kappa shape index (κ3) is 4.65. The van der Waals surface area contributed by atoms with Crippen LogP contribution in [0.25, 0.3) is 0 Å². The molecule has 0 spiro atoms. The van der Waals surface area contributed by atoms with Crippen molar-refractivity contribution in [3.8, 4) is 0 Å². The first-order chi connectivity index (χ1) is 16.3. The minimum Gasteiger partial charge on any atom is -0.268 e. The first kappa shape index (κ1) is 25.1. The smallest absolute Gasteiger partial charge is 0.267 e. The summed E-state index contributed by atoms with van der Waals surface area (Å²) in [5.74, 6) is -1.64. The fraction of sp³-hybridized carbons (Fsp3) is 0.296. The van der Waals surface area contributed by atoms with Crippen molar-refractivity contribution in [2.75, 3.05) is 12.3 Å². The molecule has 0 aliphatic carbocycles. The molecule has 1 amide bonds. The van der Waals surface area contributed by atoms with Crippen molar-refractivity contribution in [1.29, 1.82) is 0 Å². The van der Waals surface area contributed by atoms with E-state index in [0.29, 0.717) is 16.7 Å². The number of carbonyl (C=O) groups excluding carboxylic acids is 1. The summed E-state index contributed by atoms with van der Waals surface area (Å²) in [4.78, 5) is 13.7. The second-order valence-corrected chi connectivity index (χ2v) is 13.3. The Morgan fingerprint density at radius 3 is 1.94 bits per heavy atom. The monoisotopic (exact) mass is 511 g/mol. The Morgan fingerprint density at radius 1 is 0.771 bits per heavy atom. The van der Waals surface area contributed by atoms with Gasteiger partial charge in [-0.15, -0.1) is 0 Å². The molecule has 0 aromatic heterocycles. The van der Waals surface area contributed by atoms with Crippen molar-refractivity contribution >= 4 is 25.8 Å². The number of amides is 1. The molecule has 3 aromatic carbocycles. The minimum absolute atomic E-state index is 0.0900. The average Bonchev–Trinajstić information content (AvgIpc) is 2.74. The zero-order valence-electron chi connectivity index (χ0n) is 20.5. The fourth-order valence-corrected chi connectivity index (χ4v) is 8.27. The van der Waals surface area contributed by atoms with Crippen LogP contribution in [0, 0.1) is 34.6 Å². The highest BCUT2D eigenvalue weighted by molar-refractivity contribution is 7.91. The lowest BCUT2D eigenvalue weighted by atomic mass is 9.90. The first-order valence-electron chi connectivity index (χ1n) is 11.4. The molecule has 0 N–H and O–H groups in total. The van der Waals surface area contributed by atoms with Crippen LogP contribution in [0.1, 0.15) is 49.7 Å². The summed E-state index contributed by atoms with van der Waals surface area (Å²) in [7, 11) is -7.95. The zero-order valence-corrected chi connectivity index (χ0v) is 22.1. The van der Waals surface area contributed by atoms with Gasteiger partial charge < -0.3 is 0 Å². The highest BCUT2D eigenvalue weighted by atomic mass is 32.2. The van der Waals surface area contributed by atoms with Gasteiger partial charge >= 0.3 is 0 Å². The summed E-state index contributed by atoms with van der Waals surface area (Å²) in [6, 6.07) is 15.2. The Bertz CT molecular complexity index is 1520. The summed E-state index contributed by atoms with van der Waals surface area (Å²) >= 11 is 0. The van der Waals surface area contributed by atoms with E-state index in [1.807, 2.05) is 20.8 Å². The molecule has 1 heterocycles. The molecule has 0 saturated heterocycles. The molecular formula is C27H29NO5S2. The Labute approximate surface area is 207 Å². The van der Waals surface area contributed by atoms with Gasteiger partial charge in [0, 0.05) is 18.0 Å². The van der Waals surface area contributed by atoms with Crippen molar-refractivity contribution in [2.24, 2.45) is 0 Å². The number of benzene rings is 3. The zero-order chi connectivity index (χ0) is 25.7. The lowest BCUT2D eigenvalue weighted by Gasteiger charge is -2.34. The second kappa shape index (κ2) is 8.91. The Morgan fingerprint density at radius 2 is 1.34 bits per heavy atom. The Hall–Kier alpha value is -2.97. The van der Waals surface area contributed by atoms with Crippen LogP contribution in [0.5, 0.6) is 0 Å². The molecule has 3 aromatic rings. The predicted molar refractivity (Wildman–Crippen MR) is 136 cm³/mol. The van der Waals surface area contributed by atoms with E-state index >= 15 is 0 Å². The van der Waals surface area contributed by atoms with Gasteiger partial charge in [-0.3, -0.25) is 4.79 Å². The highest BCUT2D eigenvalue weighted by Gasteiger charge is 2.41. The number of sulfonamides is 1. The van der Waals surface area contributed by atoms with Gasteiger partial charge in [0.2, 0.25) is 0 Å². The van der Waals surface area contributed by atoms with Gasteiger partial charge in [-0.05, 0) is 69.5 Å². The van der Waals surface area contributed by atoms with Crippen LogP contribution >= 0.6 is 0 Å². The molecule has 0 saturated carbocycles. The van der Waals surface area contributed by atoms with Gasteiger partial charge in [-0.2, -0.15) is 0 Å². The van der Waals surface area contributed by atoms with Crippen molar-refractivity contribution in [2.45, 2.75) is 50.3 Å². The maximum Gasteiger partial charge on any atom is 0.267 e. The topological polar surface area (TPSA) is 88.6 Å². The van der Waals surface area contributed by atoms with E-state index in [1.165, 1.54) is 0 Å². The maximum atomic E-state index is 13.8. The van der Waals surface area contributed by atoms with Gasteiger partial charge in [0.15, 0.2) is 9.84 Å². The van der Waals surface area contributed by atoms with Crippen molar-refractivity contribution in [1.82, 2.24) is 4.31 Å². The number of sulfone groups is 1. The molecule has 35 heavy (non-hydrogen) atoms. The molecule has 1 unspecified atom stereocenters. The molecular weight excluding hydrogens is 482 g/mol. The minimum atomic E-state index is -4.21. The summed E-state index contributed by atoms with van der Waals surface area (Å²) in [5, 5.41) is 0. The number of nitrogens with zero attached hydrogens (tertiary/aromatic N) is 1. The first-order valence-corrected chi connectivity index (χ1v) is 14.5. The third-order valence-electron chi connectivity index (χ3n) is 6.44. The van der Waals surface area contributed by atoms with Gasteiger partial charge in [0.25, 0.3) is 15.9 Å². The molecule has 0 radical (unpaired) electrons. The molecule has 1 atom stereocenters.